The maximum absolute atomic E-state index is 13.0. The number of aromatic hydroxyl groups is 1. The molecule has 4 rings (SSSR count). The number of aromatic nitrogens is 5. The molecule has 0 bridgehead atoms. The molecule has 1 aliphatic heterocycles. The number of hydrogen-bond acceptors (Lipinski definition) is 7. The number of phenolic OH excluding ortho intramolecular Hbond substituents is 1. The Bertz CT molecular complexity index is 1040. The highest BCUT2D eigenvalue weighted by Gasteiger charge is 2.41. The fraction of sp³-hybridized carbons (Fsp3) is 0.409. The number of hydrogen-bond donors (Lipinski definition) is 3. The Balaban J connectivity index is 1.55. The van der Waals surface area contributed by atoms with Crippen LogP contribution in [0.5, 0.6) is 5.75 Å². The molecule has 0 spiro atoms. The molecule has 3 N–H and O–H groups in total. The van der Waals surface area contributed by atoms with Crippen molar-refractivity contribution in [3.05, 3.63) is 42.5 Å². The molecule has 0 atom stereocenters. The molecule has 1 aromatic carbocycles. The van der Waals surface area contributed by atoms with Crippen LogP contribution < -0.4 is 5.32 Å². The van der Waals surface area contributed by atoms with Crippen LogP contribution in [-0.4, -0.2) is 47.3 Å². The van der Waals surface area contributed by atoms with E-state index in [1.807, 2.05) is 6.07 Å². The van der Waals surface area contributed by atoms with Gasteiger partial charge in [-0.2, -0.15) is 5.10 Å². The van der Waals surface area contributed by atoms with E-state index in [2.05, 4.69) is 58.4 Å². The fourth-order valence-electron chi connectivity index (χ4n) is 4.54. The summed E-state index contributed by atoms with van der Waals surface area (Å²) in [6.45, 7) is 8.43. The Morgan fingerprint density at radius 1 is 1.07 bits per heavy atom. The third-order valence-electron chi connectivity index (χ3n) is 5.45. The molecule has 1 aliphatic rings. The van der Waals surface area contributed by atoms with Gasteiger partial charge in [0.15, 0.2) is 11.6 Å². The van der Waals surface area contributed by atoms with E-state index >= 15 is 0 Å². The smallest absolute Gasteiger partial charge is 0.187 e. The molecule has 156 valence electrons. The summed E-state index contributed by atoms with van der Waals surface area (Å²) in [5, 5.41) is 28.9. The van der Waals surface area contributed by atoms with Crippen molar-refractivity contribution in [2.75, 3.05) is 0 Å². The molecule has 0 unspecified atom stereocenters. The van der Waals surface area contributed by atoms with Crippen LogP contribution >= 0.6 is 0 Å². The number of aromatic amines is 1. The number of H-pyrrole nitrogens is 1. The second kappa shape index (κ2) is 7.28. The molecular weight excluding hydrogens is 380 g/mol. The SMILES string of the molecule is CC1(C)CC(C(=O)c2cnc(-c3ccc(-c4cn[nH]c4)cc3O)nn2)CC(C)(C)N1. The number of ketones is 1. The minimum Gasteiger partial charge on any atom is -0.507 e. The summed E-state index contributed by atoms with van der Waals surface area (Å²) in [5.41, 5.74) is 2.13. The number of Topliss-reactive ketones (excluding diaryl/α,β-unsaturated/α-hetero) is 1. The zero-order chi connectivity index (χ0) is 21.5. The minimum absolute atomic E-state index is 0.0382. The number of phenols is 1. The predicted octanol–water partition coefficient (Wildman–Crippen LogP) is 3.37. The first kappa shape index (κ1) is 20.2. The van der Waals surface area contributed by atoms with Crippen molar-refractivity contribution in [3.63, 3.8) is 0 Å². The standard InChI is InChI=1S/C22H26N6O2/c1-21(2)8-14(9-22(3,4)28-21)19(30)17-12-23-20(27-26-17)16-6-5-13(7-18(16)29)15-10-24-25-11-15/h5-7,10-12,14,28-29H,8-9H2,1-4H3,(H,24,25). The topological polar surface area (TPSA) is 117 Å². The average molecular weight is 406 g/mol. The zero-order valence-electron chi connectivity index (χ0n) is 17.6. The number of carbonyl (C=O) groups is 1. The molecular formula is C22H26N6O2. The molecule has 1 fully saturated rings. The van der Waals surface area contributed by atoms with Gasteiger partial charge in [-0.15, -0.1) is 10.2 Å². The van der Waals surface area contributed by atoms with E-state index in [4.69, 9.17) is 0 Å². The summed E-state index contributed by atoms with van der Waals surface area (Å²) in [4.78, 5) is 17.3. The van der Waals surface area contributed by atoms with Gasteiger partial charge in [-0.3, -0.25) is 9.89 Å². The molecule has 0 amide bonds. The van der Waals surface area contributed by atoms with Crippen LogP contribution in [0.25, 0.3) is 22.5 Å². The van der Waals surface area contributed by atoms with Crippen molar-refractivity contribution in [2.24, 2.45) is 5.92 Å². The normalized spacial score (nSPS) is 18.3. The minimum atomic E-state index is -0.138. The van der Waals surface area contributed by atoms with E-state index in [0.29, 0.717) is 5.56 Å². The summed E-state index contributed by atoms with van der Waals surface area (Å²) < 4.78 is 0. The lowest BCUT2D eigenvalue weighted by Crippen LogP contribution is -2.58. The monoisotopic (exact) mass is 406 g/mol. The Hall–Kier alpha value is -3.13. The van der Waals surface area contributed by atoms with Crippen molar-refractivity contribution < 1.29 is 9.90 Å². The summed E-state index contributed by atoms with van der Waals surface area (Å²) in [6, 6.07) is 5.21. The van der Waals surface area contributed by atoms with E-state index in [1.165, 1.54) is 6.20 Å². The highest BCUT2D eigenvalue weighted by atomic mass is 16.3. The third-order valence-corrected chi connectivity index (χ3v) is 5.45. The molecule has 0 saturated carbocycles. The van der Waals surface area contributed by atoms with Crippen LogP contribution in [0.2, 0.25) is 0 Å². The molecule has 2 aromatic heterocycles. The van der Waals surface area contributed by atoms with Gasteiger partial charge in [-0.05, 0) is 58.2 Å². The molecule has 8 nitrogen and oxygen atoms in total. The lowest BCUT2D eigenvalue weighted by molar-refractivity contribution is 0.0729. The number of nitrogens with zero attached hydrogens (tertiary/aromatic N) is 4. The Kier molecular flexibility index (Phi) is 4.89. The fourth-order valence-corrected chi connectivity index (χ4v) is 4.54. The van der Waals surface area contributed by atoms with Crippen LogP contribution in [0, 0.1) is 5.92 Å². The quantitative estimate of drug-likeness (QED) is 0.569. The molecule has 30 heavy (non-hydrogen) atoms. The van der Waals surface area contributed by atoms with E-state index in [1.54, 1.807) is 24.5 Å². The third kappa shape index (κ3) is 4.09. The lowest BCUT2D eigenvalue weighted by atomic mass is 9.74. The molecule has 3 heterocycles. The van der Waals surface area contributed by atoms with Gasteiger partial charge in [-0.1, -0.05) is 6.07 Å². The van der Waals surface area contributed by atoms with Gasteiger partial charge in [-0.25, -0.2) is 4.98 Å². The summed E-state index contributed by atoms with van der Waals surface area (Å²) in [7, 11) is 0. The highest BCUT2D eigenvalue weighted by Crippen LogP contribution is 2.35. The van der Waals surface area contributed by atoms with E-state index in [0.717, 1.165) is 24.0 Å². The average Bonchev–Trinajstić information content (AvgIpc) is 3.20. The van der Waals surface area contributed by atoms with Gasteiger partial charge in [0.2, 0.25) is 0 Å². The molecule has 8 heteroatoms. The molecule has 1 saturated heterocycles. The Morgan fingerprint density at radius 3 is 2.37 bits per heavy atom. The first-order chi connectivity index (χ1) is 14.1. The summed E-state index contributed by atoms with van der Waals surface area (Å²) in [5.74, 6) is 0.134. The van der Waals surface area contributed by atoms with Crippen molar-refractivity contribution in [3.8, 4) is 28.3 Å². The number of nitrogens with one attached hydrogen (secondary N) is 2. The number of benzene rings is 1. The zero-order valence-corrected chi connectivity index (χ0v) is 17.6. The molecule has 3 aromatic rings. The first-order valence-corrected chi connectivity index (χ1v) is 9.99. The van der Waals surface area contributed by atoms with Gasteiger partial charge in [0.25, 0.3) is 0 Å². The van der Waals surface area contributed by atoms with E-state index in [9.17, 15) is 9.90 Å². The van der Waals surface area contributed by atoms with Crippen LogP contribution in [0.3, 0.4) is 0 Å². The lowest BCUT2D eigenvalue weighted by Gasteiger charge is -2.45. The van der Waals surface area contributed by atoms with Crippen molar-refractivity contribution in [2.45, 2.75) is 51.6 Å². The highest BCUT2D eigenvalue weighted by molar-refractivity contribution is 5.96. The van der Waals surface area contributed by atoms with Crippen LogP contribution in [0.15, 0.2) is 36.8 Å². The van der Waals surface area contributed by atoms with Gasteiger partial charge >= 0.3 is 0 Å². The van der Waals surface area contributed by atoms with Crippen LogP contribution in [-0.2, 0) is 0 Å². The summed E-state index contributed by atoms with van der Waals surface area (Å²) >= 11 is 0. The van der Waals surface area contributed by atoms with Gasteiger partial charge < -0.3 is 10.4 Å². The largest absolute Gasteiger partial charge is 0.507 e. The second-order valence-corrected chi connectivity index (χ2v) is 9.25. The Labute approximate surface area is 175 Å². The molecule has 0 aliphatic carbocycles. The maximum atomic E-state index is 13.0. The van der Waals surface area contributed by atoms with Gasteiger partial charge in [0, 0.05) is 28.8 Å². The second-order valence-electron chi connectivity index (χ2n) is 9.25. The van der Waals surface area contributed by atoms with Crippen molar-refractivity contribution >= 4 is 5.78 Å². The molecule has 0 radical (unpaired) electrons. The number of carbonyl (C=O) groups excluding carboxylic acids is 1. The van der Waals surface area contributed by atoms with Crippen molar-refractivity contribution in [1.29, 1.82) is 0 Å². The Morgan fingerprint density at radius 2 is 1.80 bits per heavy atom. The number of piperidine rings is 1. The van der Waals surface area contributed by atoms with E-state index < -0.39 is 0 Å². The maximum Gasteiger partial charge on any atom is 0.187 e. The van der Waals surface area contributed by atoms with Crippen LogP contribution in [0.4, 0.5) is 0 Å². The van der Waals surface area contributed by atoms with Gasteiger partial charge in [0.05, 0.1) is 18.0 Å². The summed E-state index contributed by atoms with van der Waals surface area (Å²) in [6.07, 6.45) is 6.34. The van der Waals surface area contributed by atoms with Crippen LogP contribution in [0.1, 0.15) is 51.0 Å². The van der Waals surface area contributed by atoms with Crippen molar-refractivity contribution in [1.82, 2.24) is 30.7 Å². The first-order valence-electron chi connectivity index (χ1n) is 9.99. The number of rotatable bonds is 4. The van der Waals surface area contributed by atoms with Gasteiger partial charge in [0.1, 0.15) is 11.4 Å². The predicted molar refractivity (Wildman–Crippen MR) is 113 cm³/mol. The van der Waals surface area contributed by atoms with E-state index in [-0.39, 0.29) is 40.0 Å².